The number of anilines is 3. The van der Waals surface area contributed by atoms with Crippen LogP contribution in [-0.2, 0) is 4.79 Å². The van der Waals surface area contributed by atoms with Crippen molar-refractivity contribution in [3.05, 3.63) is 67.5 Å². The Morgan fingerprint density at radius 1 is 1.10 bits per heavy atom. The Bertz CT molecular complexity index is 1500. The minimum Gasteiger partial charge on any atom is -0.437 e. The molecule has 1 saturated carbocycles. The van der Waals surface area contributed by atoms with Gasteiger partial charge in [-0.25, -0.2) is 9.97 Å². The largest absolute Gasteiger partial charge is 0.437 e. The number of nitrogens with zero attached hydrogens (tertiary/aromatic N) is 4. The summed E-state index contributed by atoms with van der Waals surface area (Å²) in [4.78, 5) is 25.7. The second-order valence-electron chi connectivity index (χ2n) is 10.5. The monoisotopic (exact) mass is 540 g/mol. The Balaban J connectivity index is 1.68. The highest BCUT2D eigenvalue weighted by atomic mass is 16.3. The third kappa shape index (κ3) is 5.71. The molecule has 1 aliphatic carbocycles. The van der Waals surface area contributed by atoms with Gasteiger partial charge in [0, 0.05) is 31.3 Å². The first-order valence-corrected chi connectivity index (χ1v) is 13.6. The Hall–Kier alpha value is -4.21. The Morgan fingerprint density at radius 2 is 1.90 bits per heavy atom. The van der Waals surface area contributed by atoms with Crippen molar-refractivity contribution in [2.24, 2.45) is 0 Å². The smallest absolute Gasteiger partial charge is 0.247 e. The Labute approximate surface area is 234 Å². The molecule has 40 heavy (non-hydrogen) atoms. The average molecular weight is 541 g/mol. The molecular weight excluding hydrogens is 504 g/mol. The molecule has 3 N–H and O–H groups in total. The molecule has 2 aromatic heterocycles. The summed E-state index contributed by atoms with van der Waals surface area (Å²) in [5.41, 5.74) is 4.54. The SMILES string of the molecule is C=CC(=O)Nc1cc(-c2c(-c3ccccc3)oc3ncnc(N[C@@H]4CCC[C@H]4O)c23)ccc1N(C)CCN(C)C. The van der Waals surface area contributed by atoms with E-state index in [0.717, 1.165) is 60.1 Å². The van der Waals surface area contributed by atoms with E-state index in [-0.39, 0.29) is 11.9 Å². The highest BCUT2D eigenvalue weighted by Gasteiger charge is 2.28. The standard InChI is InChI=1S/C31H36N6O3/c1-5-26(39)34-23-18-21(14-15-24(23)37(4)17-16-36(2)3)27-28-30(35-22-12-9-13-25(22)38)32-19-33-31(28)40-29(27)20-10-7-6-8-11-20/h5-8,10-11,14-15,18-19,22,25,38H,1,9,12-13,16-17H2,2-4H3,(H,34,39)(H,32,33,35)/t22-,25-/m1/s1. The lowest BCUT2D eigenvalue weighted by Crippen LogP contribution is -2.29. The van der Waals surface area contributed by atoms with Crippen LogP contribution in [0.4, 0.5) is 17.2 Å². The maximum absolute atomic E-state index is 12.5. The molecule has 0 saturated heterocycles. The first-order valence-electron chi connectivity index (χ1n) is 13.6. The van der Waals surface area contributed by atoms with Gasteiger partial charge in [-0.2, -0.15) is 0 Å². The summed E-state index contributed by atoms with van der Waals surface area (Å²) in [6.07, 6.45) is 4.88. The van der Waals surface area contributed by atoms with Crippen molar-refractivity contribution in [3.63, 3.8) is 0 Å². The molecule has 9 nitrogen and oxygen atoms in total. The number of hydrogen-bond donors (Lipinski definition) is 3. The fraction of sp³-hybridized carbons (Fsp3) is 0.323. The van der Waals surface area contributed by atoms with Crippen molar-refractivity contribution in [3.8, 4) is 22.5 Å². The predicted molar refractivity (Wildman–Crippen MR) is 161 cm³/mol. The number of aromatic nitrogens is 2. The van der Waals surface area contributed by atoms with Crippen LogP contribution in [-0.4, -0.2) is 72.3 Å². The Morgan fingerprint density at radius 3 is 2.60 bits per heavy atom. The maximum Gasteiger partial charge on any atom is 0.247 e. The number of benzene rings is 2. The van der Waals surface area contributed by atoms with Crippen molar-refractivity contribution in [1.29, 1.82) is 0 Å². The molecule has 0 spiro atoms. The summed E-state index contributed by atoms with van der Waals surface area (Å²) >= 11 is 0. The van der Waals surface area contributed by atoms with E-state index in [0.29, 0.717) is 23.0 Å². The zero-order valence-corrected chi connectivity index (χ0v) is 23.2. The molecule has 2 atom stereocenters. The molecule has 1 aliphatic rings. The molecule has 208 valence electrons. The minimum atomic E-state index is -0.438. The zero-order chi connectivity index (χ0) is 28.2. The van der Waals surface area contributed by atoms with Crippen molar-refractivity contribution in [2.45, 2.75) is 31.4 Å². The van der Waals surface area contributed by atoms with Crippen molar-refractivity contribution >= 4 is 34.2 Å². The fourth-order valence-corrected chi connectivity index (χ4v) is 5.17. The molecule has 4 aromatic rings. The van der Waals surface area contributed by atoms with Crippen molar-refractivity contribution < 1.29 is 14.3 Å². The quantitative estimate of drug-likeness (QED) is 0.241. The minimum absolute atomic E-state index is 0.101. The van der Waals surface area contributed by atoms with E-state index >= 15 is 0 Å². The number of nitrogens with one attached hydrogen (secondary N) is 2. The highest BCUT2D eigenvalue weighted by molar-refractivity contribution is 6.08. The third-order valence-corrected chi connectivity index (χ3v) is 7.35. The molecule has 0 aliphatic heterocycles. The molecule has 0 unspecified atom stereocenters. The number of likely N-dealkylation sites (N-methyl/N-ethyl adjacent to an activating group) is 2. The van der Waals surface area contributed by atoms with E-state index in [2.05, 4.69) is 37.0 Å². The number of carbonyl (C=O) groups excluding carboxylic acids is 1. The van der Waals surface area contributed by atoms with E-state index in [1.807, 2.05) is 69.7 Å². The summed E-state index contributed by atoms with van der Waals surface area (Å²) < 4.78 is 6.38. The van der Waals surface area contributed by atoms with Crippen LogP contribution in [0, 0.1) is 0 Å². The molecule has 2 aromatic carbocycles. The van der Waals surface area contributed by atoms with Crippen LogP contribution < -0.4 is 15.5 Å². The first-order chi connectivity index (χ1) is 19.4. The summed E-state index contributed by atoms with van der Waals surface area (Å²) in [6.45, 7) is 5.27. The topological polar surface area (TPSA) is 107 Å². The van der Waals surface area contributed by atoms with Gasteiger partial charge in [0.05, 0.1) is 28.9 Å². The first kappa shape index (κ1) is 27.4. The number of furan rings is 1. The van der Waals surface area contributed by atoms with Crippen LogP contribution in [0.3, 0.4) is 0 Å². The third-order valence-electron chi connectivity index (χ3n) is 7.35. The zero-order valence-electron chi connectivity index (χ0n) is 23.2. The van der Waals surface area contributed by atoms with Crippen LogP contribution in [0.15, 0.2) is 71.9 Å². The number of aliphatic hydroxyl groups excluding tert-OH is 1. The number of rotatable bonds is 10. The molecule has 0 bridgehead atoms. The lowest BCUT2D eigenvalue weighted by atomic mass is 9.98. The number of fused-ring (bicyclic) bond motifs is 1. The molecule has 5 rings (SSSR count). The molecular formula is C31H36N6O3. The van der Waals surface area contributed by atoms with Gasteiger partial charge in [0.1, 0.15) is 17.9 Å². The predicted octanol–water partition coefficient (Wildman–Crippen LogP) is 5.00. The van der Waals surface area contributed by atoms with Gasteiger partial charge in [-0.1, -0.05) is 43.0 Å². The van der Waals surface area contributed by atoms with Gasteiger partial charge in [0.25, 0.3) is 0 Å². The van der Waals surface area contributed by atoms with Gasteiger partial charge < -0.3 is 30.0 Å². The van der Waals surface area contributed by atoms with Crippen molar-refractivity contribution in [1.82, 2.24) is 14.9 Å². The van der Waals surface area contributed by atoms with Crippen molar-refractivity contribution in [2.75, 3.05) is 49.8 Å². The summed E-state index contributed by atoms with van der Waals surface area (Å²) in [7, 11) is 6.07. The summed E-state index contributed by atoms with van der Waals surface area (Å²) in [6, 6.07) is 15.8. The molecule has 1 amide bonds. The highest BCUT2D eigenvalue weighted by Crippen LogP contribution is 2.44. The lowest BCUT2D eigenvalue weighted by molar-refractivity contribution is -0.111. The summed E-state index contributed by atoms with van der Waals surface area (Å²) in [5.74, 6) is 0.974. The van der Waals surface area contributed by atoms with Gasteiger partial charge in [0.15, 0.2) is 0 Å². The van der Waals surface area contributed by atoms with Crippen LogP contribution in [0.25, 0.3) is 33.6 Å². The van der Waals surface area contributed by atoms with Gasteiger partial charge in [-0.15, -0.1) is 0 Å². The van der Waals surface area contributed by atoms with Gasteiger partial charge in [0.2, 0.25) is 11.6 Å². The fourth-order valence-electron chi connectivity index (χ4n) is 5.17. The van der Waals surface area contributed by atoms with E-state index < -0.39 is 6.10 Å². The molecule has 0 radical (unpaired) electrons. The molecule has 2 heterocycles. The molecule has 1 fully saturated rings. The van der Waals surface area contributed by atoms with Crippen LogP contribution in [0.5, 0.6) is 0 Å². The number of carbonyl (C=O) groups is 1. The Kier molecular flexibility index (Phi) is 8.14. The summed E-state index contributed by atoms with van der Waals surface area (Å²) in [5, 5.41) is 17.7. The van der Waals surface area contributed by atoms with Crippen LogP contribution in [0.2, 0.25) is 0 Å². The maximum atomic E-state index is 12.5. The van der Waals surface area contributed by atoms with Crippen LogP contribution in [0.1, 0.15) is 19.3 Å². The van der Waals surface area contributed by atoms with Crippen LogP contribution >= 0.6 is 0 Å². The second-order valence-corrected chi connectivity index (χ2v) is 10.5. The average Bonchev–Trinajstić information content (AvgIpc) is 3.55. The second kappa shape index (κ2) is 11.9. The number of amides is 1. The number of aliphatic hydroxyl groups is 1. The normalized spacial score (nSPS) is 16.8. The van der Waals surface area contributed by atoms with E-state index in [9.17, 15) is 9.90 Å². The number of hydrogen-bond acceptors (Lipinski definition) is 8. The van der Waals surface area contributed by atoms with Gasteiger partial charge >= 0.3 is 0 Å². The lowest BCUT2D eigenvalue weighted by Gasteiger charge is -2.25. The van der Waals surface area contributed by atoms with Gasteiger partial charge in [-0.3, -0.25) is 4.79 Å². The van der Waals surface area contributed by atoms with E-state index in [1.165, 1.54) is 12.4 Å². The molecule has 9 heteroatoms. The van der Waals surface area contributed by atoms with E-state index in [4.69, 9.17) is 4.42 Å². The van der Waals surface area contributed by atoms with E-state index in [1.54, 1.807) is 0 Å². The van der Waals surface area contributed by atoms with Gasteiger partial charge in [-0.05, 0) is 57.1 Å².